The fourth-order valence-electron chi connectivity index (χ4n) is 2.87. The maximum absolute atomic E-state index is 12.3. The first-order chi connectivity index (χ1) is 46.4. The van der Waals surface area contributed by atoms with Crippen LogP contribution in [0.2, 0.25) is 0 Å². The van der Waals surface area contributed by atoms with E-state index < -0.39 is 5.41 Å². The monoisotopic (exact) mass is 1370 g/mol. The molecule has 0 spiro atoms. The number of Topliss-reactive ketones (excluding diaryl/α,β-unsaturated/α-hetero) is 1. The predicted molar refractivity (Wildman–Crippen MR) is 374 cm³/mol. The number of rotatable bonds is 38. The summed E-state index contributed by atoms with van der Waals surface area (Å²) in [5.41, 5.74) is -0.885. The summed E-state index contributed by atoms with van der Waals surface area (Å²) >= 11 is 0. The Bertz CT molecular complexity index is 1190. The number of aliphatic hydroxyl groups is 1. The van der Waals surface area contributed by atoms with Crippen molar-refractivity contribution in [1.82, 2.24) is 4.90 Å². The van der Waals surface area contributed by atoms with E-state index in [1.807, 2.05) is 0 Å². The third kappa shape index (κ3) is 206. The standard InChI is InChI=1S/C20H31NO29.22C2H4/c1-20(15-22,14-17(23)6-4-3-5-9-21-18(24)7-8-19(21)25)16-27-11-13-29-31-33-35-37-39-41-43-45-47-49-50-48-46-44-42-40-38-36-34-32-30-28-12-10-26-2;22*1-2/h7-8,11,13,22H,3-6,9-10,12,14-16H2,1-2H3;22*1-2H2/b13-11-;;;;;;;;;;;;;;;;;;;;;;. The lowest BCUT2D eigenvalue weighted by atomic mass is 9.85. The van der Waals surface area contributed by atoms with Crippen LogP contribution in [0.4, 0.5) is 0 Å². The minimum atomic E-state index is -0.885. The maximum Gasteiger partial charge on any atom is 0.253 e. The van der Waals surface area contributed by atoms with Crippen molar-refractivity contribution >= 4 is 17.6 Å². The molecule has 1 unspecified atom stereocenters. The Hall–Kier alpha value is -8.79. The van der Waals surface area contributed by atoms with Crippen LogP contribution in [0.1, 0.15) is 39.0 Å². The first-order valence-electron chi connectivity index (χ1n) is 24.1. The van der Waals surface area contributed by atoms with Crippen LogP contribution in [0, 0.1) is 5.41 Å². The molecule has 0 saturated heterocycles. The number of unbranched alkanes of at least 4 members (excludes halogenated alkanes) is 2. The number of ketones is 1. The molecule has 30 heteroatoms. The molecular formula is C64H119NO29. The molecule has 0 bridgehead atoms. The highest BCUT2D eigenvalue weighted by atomic mass is 18.0. The number of carbonyl (C=O) groups is 3. The van der Waals surface area contributed by atoms with Gasteiger partial charge in [0.2, 0.25) is 0 Å². The van der Waals surface area contributed by atoms with Gasteiger partial charge < -0.3 is 19.5 Å². The fraction of sp³-hybridized carbons (Fsp3) is 0.203. The Morgan fingerprint density at radius 3 is 0.894 bits per heavy atom. The van der Waals surface area contributed by atoms with Crippen LogP contribution >= 0.6 is 0 Å². The van der Waals surface area contributed by atoms with Gasteiger partial charge in [0.05, 0.1) is 19.8 Å². The van der Waals surface area contributed by atoms with Gasteiger partial charge in [-0.1, -0.05) is 13.3 Å². The zero-order valence-corrected chi connectivity index (χ0v) is 56.8. The third-order valence-corrected chi connectivity index (χ3v) is 4.90. The number of carbonyl (C=O) groups excluding carboxylic acids is 3. The lowest BCUT2D eigenvalue weighted by Crippen LogP contribution is -2.31. The molecule has 0 aromatic heterocycles. The highest BCUT2D eigenvalue weighted by Crippen LogP contribution is 2.23. The van der Waals surface area contributed by atoms with E-state index in [-0.39, 0.29) is 56.9 Å². The van der Waals surface area contributed by atoms with E-state index >= 15 is 0 Å². The van der Waals surface area contributed by atoms with Crippen molar-refractivity contribution in [3.8, 4) is 0 Å². The molecule has 1 heterocycles. The van der Waals surface area contributed by atoms with E-state index in [4.69, 9.17) is 4.74 Å². The molecule has 554 valence electrons. The van der Waals surface area contributed by atoms with Crippen molar-refractivity contribution in [3.05, 3.63) is 314 Å². The molecule has 0 radical (unpaired) electrons. The molecule has 2 amide bonds. The van der Waals surface area contributed by atoms with Crippen molar-refractivity contribution in [2.75, 3.05) is 40.1 Å². The summed E-state index contributed by atoms with van der Waals surface area (Å²) in [5.74, 6) is -0.781. The van der Waals surface area contributed by atoms with Crippen molar-refractivity contribution in [3.63, 3.8) is 0 Å². The molecule has 94 heavy (non-hydrogen) atoms. The molecule has 0 fully saturated rings. The van der Waals surface area contributed by atoms with Gasteiger partial charge in [-0.2, -0.15) is 0 Å². The van der Waals surface area contributed by atoms with Gasteiger partial charge in [0.15, 0.2) is 6.26 Å². The maximum atomic E-state index is 12.3. The number of nitrogens with zero attached hydrogens (tertiary/aromatic N) is 1. The lowest BCUT2D eigenvalue weighted by Gasteiger charge is -2.25. The van der Waals surface area contributed by atoms with Crippen molar-refractivity contribution in [1.29, 1.82) is 0 Å². The van der Waals surface area contributed by atoms with Crippen molar-refractivity contribution in [2.24, 2.45) is 5.41 Å². The van der Waals surface area contributed by atoms with Crippen LogP contribution in [0.15, 0.2) is 314 Å². The number of hydrogen-bond acceptors (Lipinski definition) is 29. The summed E-state index contributed by atoms with van der Waals surface area (Å²) in [5, 5.41) is 86.9. The van der Waals surface area contributed by atoms with E-state index in [0.29, 0.717) is 25.8 Å². The normalized spacial score (nSPS) is 8.52. The Labute approximate surface area is 564 Å². The zero-order valence-electron chi connectivity index (χ0n) is 56.8. The van der Waals surface area contributed by atoms with E-state index in [2.05, 4.69) is 410 Å². The Morgan fingerprint density at radius 2 is 0.638 bits per heavy atom. The number of amides is 2. The van der Waals surface area contributed by atoms with Crippen LogP contribution in [0.3, 0.4) is 0 Å². The van der Waals surface area contributed by atoms with Gasteiger partial charge in [-0.25, -0.2) is 4.89 Å². The average Bonchev–Trinajstić information content (AvgIpc) is 2.39. The van der Waals surface area contributed by atoms with Crippen molar-refractivity contribution in [2.45, 2.75) is 39.0 Å². The average molecular weight is 1370 g/mol. The van der Waals surface area contributed by atoms with Gasteiger partial charge in [-0.15, -0.1) is 289 Å². The summed E-state index contributed by atoms with van der Waals surface area (Å²) in [6.45, 7) is 134. The fourth-order valence-corrected chi connectivity index (χ4v) is 2.87. The molecule has 1 aliphatic rings. The van der Waals surface area contributed by atoms with Crippen molar-refractivity contribution < 1.29 is 145 Å². The molecule has 0 saturated carbocycles. The molecule has 0 aliphatic carbocycles. The Balaban J connectivity index is -0.0000000495. The lowest BCUT2D eigenvalue weighted by molar-refractivity contribution is -0.898. The summed E-state index contributed by atoms with van der Waals surface area (Å²) in [6, 6.07) is 0. The van der Waals surface area contributed by atoms with Gasteiger partial charge in [0.1, 0.15) is 18.7 Å². The Kier molecular flexibility index (Phi) is 404. The highest BCUT2D eigenvalue weighted by Gasteiger charge is 2.27. The van der Waals surface area contributed by atoms with Gasteiger partial charge in [0, 0.05) is 110 Å². The quantitative estimate of drug-likeness (QED) is 0.0150. The summed E-state index contributed by atoms with van der Waals surface area (Å²) in [4.78, 5) is 45.1. The predicted octanol–water partition coefficient (Wildman–Crippen LogP) is 17.7. The number of imide groups is 1. The van der Waals surface area contributed by atoms with E-state index in [1.165, 1.54) is 19.3 Å². The van der Waals surface area contributed by atoms with Crippen LogP contribution in [0.25, 0.3) is 0 Å². The van der Waals surface area contributed by atoms with Gasteiger partial charge in [-0.3, -0.25) is 19.3 Å². The summed E-state index contributed by atoms with van der Waals surface area (Å²) < 4.78 is 9.82. The topological polar surface area (TPSA) is 305 Å². The van der Waals surface area contributed by atoms with E-state index in [9.17, 15) is 19.5 Å². The summed E-state index contributed by atoms with van der Waals surface area (Å²) in [7, 11) is 1.42. The van der Waals surface area contributed by atoms with Crippen LogP contribution in [-0.2, 0) is 139 Å². The number of methoxy groups -OCH3 is 1. The van der Waals surface area contributed by atoms with Crippen LogP contribution in [0.5, 0.6) is 0 Å². The smallest absolute Gasteiger partial charge is 0.253 e. The third-order valence-electron chi connectivity index (χ3n) is 4.90. The number of ether oxygens (including phenoxy) is 2. The number of hydrogen-bond donors (Lipinski definition) is 1. The van der Waals surface area contributed by atoms with Gasteiger partial charge in [0.25, 0.3) is 11.8 Å². The molecule has 0 aromatic carbocycles. The number of aliphatic hydroxyl groups excluding tert-OH is 1. The first kappa shape index (κ1) is 151. The Morgan fingerprint density at radius 1 is 0.383 bits per heavy atom. The minimum Gasteiger partial charge on any atom is -0.497 e. The molecule has 0 aromatic rings. The zero-order chi connectivity index (χ0) is 80.4. The second-order valence-electron chi connectivity index (χ2n) is 8.58. The largest absolute Gasteiger partial charge is 0.497 e. The molecule has 1 rings (SSSR count). The van der Waals surface area contributed by atoms with Crippen LogP contribution in [-0.4, -0.2) is 67.7 Å². The van der Waals surface area contributed by atoms with Crippen LogP contribution < -0.4 is 0 Å². The van der Waals surface area contributed by atoms with E-state index in [0.717, 1.165) is 17.4 Å². The minimum absolute atomic E-state index is 0.0150. The molecular weight excluding hydrogens is 1250 g/mol. The molecule has 30 nitrogen and oxygen atoms in total. The van der Waals surface area contributed by atoms with Gasteiger partial charge >= 0.3 is 0 Å². The molecule has 1 N–H and O–H groups in total. The summed E-state index contributed by atoms with van der Waals surface area (Å²) in [6.07, 6.45) is 6.38. The van der Waals surface area contributed by atoms with E-state index in [1.54, 1.807) is 6.92 Å². The molecule has 1 atom stereocenters. The molecule has 1 aliphatic heterocycles. The highest BCUT2D eigenvalue weighted by molar-refractivity contribution is 6.12. The van der Waals surface area contributed by atoms with Gasteiger partial charge in [-0.05, 0) is 53.1 Å². The first-order valence-corrected chi connectivity index (χ1v) is 24.1. The second-order valence-corrected chi connectivity index (χ2v) is 8.58. The second kappa shape index (κ2) is 251. The SMILES string of the molecule is C=C.C=C.C=C.C=C.C=C.C=C.C=C.C=C.C=C.C=C.C=C.C=C.C=C.C=C.C=C.C=C.C=C.C=C.C=C.C=C.C=C.C=C.COCCOOOOOOOOOOOOOOOOOOOOOOO/C=C\OCC(C)(CO)CC(=O)CCCCCN1C(=O)C=CC1=O.